The number of ether oxygens (including phenoxy) is 1. The van der Waals surface area contributed by atoms with E-state index in [1.807, 2.05) is 31.2 Å². The number of hydrogen-bond acceptors (Lipinski definition) is 6. The molecule has 0 N–H and O–H groups in total. The molecule has 39 heavy (non-hydrogen) atoms. The SMILES string of the molecule is CCOC(=O)c1ccc(N2N=C(C)[C@@]3(Cc4ccc(Cl)cc4N4CCN(Cc5ccccc5)C[C@H]43)C2=O)cc1. The lowest BCUT2D eigenvalue weighted by atomic mass is 9.67. The topological polar surface area (TPSA) is 65.5 Å². The second kappa shape index (κ2) is 10.1. The Kier molecular flexibility index (Phi) is 6.65. The minimum atomic E-state index is -0.810. The molecule has 8 heteroatoms. The number of rotatable bonds is 5. The minimum absolute atomic E-state index is 0.0407. The molecule has 6 rings (SSSR count). The van der Waals surface area contributed by atoms with Crippen LogP contribution in [0.4, 0.5) is 11.4 Å². The van der Waals surface area contributed by atoms with Crippen LogP contribution in [0.1, 0.15) is 35.3 Å². The third-order valence-corrected chi connectivity index (χ3v) is 8.44. The van der Waals surface area contributed by atoms with E-state index in [2.05, 4.69) is 34.1 Å². The minimum Gasteiger partial charge on any atom is -0.462 e. The predicted octanol–water partition coefficient (Wildman–Crippen LogP) is 5.17. The van der Waals surface area contributed by atoms with Crippen molar-refractivity contribution in [3.05, 3.63) is 94.5 Å². The van der Waals surface area contributed by atoms with E-state index in [0.717, 1.165) is 43.1 Å². The lowest BCUT2D eigenvalue weighted by molar-refractivity contribution is -0.125. The monoisotopic (exact) mass is 542 g/mol. The highest BCUT2D eigenvalue weighted by atomic mass is 35.5. The van der Waals surface area contributed by atoms with E-state index in [4.69, 9.17) is 21.4 Å². The second-order valence-corrected chi connectivity index (χ2v) is 10.9. The summed E-state index contributed by atoms with van der Waals surface area (Å²) in [6, 6.07) is 23.2. The Morgan fingerprint density at radius 3 is 2.59 bits per heavy atom. The number of esters is 1. The molecule has 2 atom stereocenters. The van der Waals surface area contributed by atoms with E-state index in [1.165, 1.54) is 10.6 Å². The first kappa shape index (κ1) is 25.6. The molecule has 3 aliphatic heterocycles. The number of carbonyl (C=O) groups is 2. The summed E-state index contributed by atoms with van der Waals surface area (Å²) in [6.45, 7) is 7.29. The van der Waals surface area contributed by atoms with Gasteiger partial charge >= 0.3 is 5.97 Å². The number of hydrazone groups is 1. The van der Waals surface area contributed by atoms with Crippen LogP contribution in [-0.2, 0) is 22.5 Å². The van der Waals surface area contributed by atoms with E-state index in [0.29, 0.717) is 29.3 Å². The molecule has 1 amide bonds. The maximum absolute atomic E-state index is 14.5. The third kappa shape index (κ3) is 4.39. The van der Waals surface area contributed by atoms with Crippen molar-refractivity contribution in [1.82, 2.24) is 4.90 Å². The largest absolute Gasteiger partial charge is 0.462 e. The van der Waals surface area contributed by atoms with Gasteiger partial charge in [0.1, 0.15) is 5.41 Å². The van der Waals surface area contributed by atoms with Gasteiger partial charge in [0.2, 0.25) is 0 Å². The number of piperazine rings is 1. The van der Waals surface area contributed by atoms with E-state index >= 15 is 0 Å². The third-order valence-electron chi connectivity index (χ3n) is 8.20. The summed E-state index contributed by atoms with van der Waals surface area (Å²) in [4.78, 5) is 31.4. The average molecular weight is 543 g/mol. The van der Waals surface area contributed by atoms with Crippen LogP contribution in [-0.4, -0.2) is 54.8 Å². The molecule has 3 heterocycles. The molecule has 7 nitrogen and oxygen atoms in total. The molecule has 0 radical (unpaired) electrons. The second-order valence-electron chi connectivity index (χ2n) is 10.4. The van der Waals surface area contributed by atoms with Gasteiger partial charge in [0, 0.05) is 36.9 Å². The van der Waals surface area contributed by atoms with E-state index in [-0.39, 0.29) is 17.9 Å². The first-order valence-corrected chi connectivity index (χ1v) is 13.8. The van der Waals surface area contributed by atoms with Crippen molar-refractivity contribution >= 4 is 40.6 Å². The predicted molar refractivity (Wildman–Crippen MR) is 153 cm³/mol. The molecule has 3 aromatic rings. The highest BCUT2D eigenvalue weighted by molar-refractivity contribution is 6.31. The van der Waals surface area contributed by atoms with Gasteiger partial charge < -0.3 is 9.64 Å². The Morgan fingerprint density at radius 2 is 1.85 bits per heavy atom. The molecule has 1 fully saturated rings. The first-order chi connectivity index (χ1) is 18.9. The van der Waals surface area contributed by atoms with Crippen molar-refractivity contribution in [2.75, 3.05) is 36.1 Å². The van der Waals surface area contributed by atoms with Gasteiger partial charge in [0.05, 0.1) is 29.6 Å². The highest BCUT2D eigenvalue weighted by Gasteiger charge is 2.59. The lowest BCUT2D eigenvalue weighted by Crippen LogP contribution is -2.66. The molecule has 3 aliphatic rings. The Hall–Kier alpha value is -3.68. The number of hydrogen-bond donors (Lipinski definition) is 0. The molecule has 200 valence electrons. The van der Waals surface area contributed by atoms with Crippen molar-refractivity contribution in [2.24, 2.45) is 10.5 Å². The van der Waals surface area contributed by atoms with Crippen LogP contribution >= 0.6 is 11.6 Å². The van der Waals surface area contributed by atoms with Gasteiger partial charge in [-0.1, -0.05) is 48.0 Å². The normalized spacial score (nSPS) is 22.5. The molecule has 0 bridgehead atoms. The van der Waals surface area contributed by atoms with Crippen LogP contribution in [0.5, 0.6) is 0 Å². The van der Waals surface area contributed by atoms with Crippen LogP contribution in [0, 0.1) is 5.41 Å². The summed E-state index contributed by atoms with van der Waals surface area (Å²) in [5.74, 6) is -0.423. The van der Waals surface area contributed by atoms with E-state index in [1.54, 1.807) is 31.2 Å². The fraction of sp³-hybridized carbons (Fsp3) is 0.323. The molecule has 0 aromatic heterocycles. The van der Waals surface area contributed by atoms with Gasteiger partial charge in [-0.25, -0.2) is 4.79 Å². The number of fused-ring (bicyclic) bond motifs is 4. The number of amides is 1. The van der Waals surface area contributed by atoms with E-state index < -0.39 is 5.41 Å². The lowest BCUT2D eigenvalue weighted by Gasteiger charge is -2.53. The fourth-order valence-corrected chi connectivity index (χ4v) is 6.42. The van der Waals surface area contributed by atoms with Crippen molar-refractivity contribution in [3.63, 3.8) is 0 Å². The summed E-state index contributed by atoms with van der Waals surface area (Å²) in [7, 11) is 0. The van der Waals surface area contributed by atoms with Crippen LogP contribution < -0.4 is 9.91 Å². The van der Waals surface area contributed by atoms with Crippen LogP contribution in [0.2, 0.25) is 5.02 Å². The zero-order valence-corrected chi connectivity index (χ0v) is 22.9. The Bertz CT molecular complexity index is 1440. The molecular formula is C31H31ClN4O3. The molecule has 1 spiro atoms. The van der Waals surface area contributed by atoms with Crippen molar-refractivity contribution in [2.45, 2.75) is 32.9 Å². The summed E-state index contributed by atoms with van der Waals surface area (Å²) >= 11 is 6.44. The maximum atomic E-state index is 14.5. The van der Waals surface area contributed by atoms with Crippen molar-refractivity contribution < 1.29 is 14.3 Å². The van der Waals surface area contributed by atoms with Gasteiger partial charge in [-0.3, -0.25) is 9.69 Å². The molecule has 0 aliphatic carbocycles. The number of halogens is 1. The summed E-state index contributed by atoms with van der Waals surface area (Å²) in [5.41, 5.74) is 4.54. The first-order valence-electron chi connectivity index (χ1n) is 13.4. The Balaban J connectivity index is 1.36. The number of anilines is 2. The zero-order valence-electron chi connectivity index (χ0n) is 22.1. The van der Waals surface area contributed by atoms with Crippen LogP contribution in [0.25, 0.3) is 0 Å². The maximum Gasteiger partial charge on any atom is 0.338 e. The number of nitrogens with zero attached hydrogens (tertiary/aromatic N) is 4. The summed E-state index contributed by atoms with van der Waals surface area (Å²) in [5, 5.41) is 7.04. The van der Waals surface area contributed by atoms with E-state index in [9.17, 15) is 9.59 Å². The molecule has 1 saturated heterocycles. The molecular weight excluding hydrogens is 512 g/mol. The smallest absolute Gasteiger partial charge is 0.338 e. The molecule has 3 aromatic carbocycles. The fourth-order valence-electron chi connectivity index (χ4n) is 6.25. The average Bonchev–Trinajstić information content (AvgIpc) is 3.20. The van der Waals surface area contributed by atoms with Crippen LogP contribution in [0.3, 0.4) is 0 Å². The Labute approximate surface area is 233 Å². The molecule has 0 unspecified atom stereocenters. The highest BCUT2D eigenvalue weighted by Crippen LogP contribution is 2.48. The molecule has 0 saturated carbocycles. The summed E-state index contributed by atoms with van der Waals surface area (Å²) < 4.78 is 5.11. The van der Waals surface area contributed by atoms with Gasteiger partial charge in [0.15, 0.2) is 0 Å². The standard InChI is InChI=1S/C31H31ClN4O3/c1-3-39-29(37)23-10-13-26(14-11-23)36-30(38)31(21(2)33-36)18-24-9-12-25(32)17-27(24)35-16-15-34(20-28(31)35)19-22-7-5-4-6-8-22/h4-14,17,28H,3,15-16,18-20H2,1-2H3/t28-,31+/m0/s1. The zero-order chi connectivity index (χ0) is 27.1. The quantitative estimate of drug-likeness (QED) is 0.416. The van der Waals surface area contributed by atoms with Crippen molar-refractivity contribution in [1.29, 1.82) is 0 Å². The number of carbonyl (C=O) groups excluding carboxylic acids is 2. The Morgan fingerprint density at radius 1 is 1.08 bits per heavy atom. The van der Waals surface area contributed by atoms with Gasteiger partial charge in [-0.2, -0.15) is 10.1 Å². The van der Waals surface area contributed by atoms with Gasteiger partial charge in [-0.15, -0.1) is 0 Å². The van der Waals surface area contributed by atoms with Gasteiger partial charge in [-0.05, 0) is 67.8 Å². The van der Waals surface area contributed by atoms with Crippen molar-refractivity contribution in [3.8, 4) is 0 Å². The summed E-state index contributed by atoms with van der Waals surface area (Å²) in [6.07, 6.45) is 0.561. The number of benzene rings is 3. The van der Waals surface area contributed by atoms with Gasteiger partial charge in [0.25, 0.3) is 5.91 Å². The van der Waals surface area contributed by atoms with Crippen LogP contribution in [0.15, 0.2) is 77.9 Å².